The first kappa shape index (κ1) is 14.7. The van der Waals surface area contributed by atoms with Crippen molar-refractivity contribution in [1.82, 2.24) is 5.32 Å². The first-order valence-electron chi connectivity index (χ1n) is 6.31. The van der Waals surface area contributed by atoms with Gasteiger partial charge in [0.1, 0.15) is 0 Å². The van der Waals surface area contributed by atoms with Gasteiger partial charge in [-0.2, -0.15) is 0 Å². The summed E-state index contributed by atoms with van der Waals surface area (Å²) in [5.41, 5.74) is 0.825. The van der Waals surface area contributed by atoms with Gasteiger partial charge >= 0.3 is 5.97 Å². The fourth-order valence-electron chi connectivity index (χ4n) is 1.85. The van der Waals surface area contributed by atoms with Crippen LogP contribution in [0.5, 0.6) is 0 Å². The molecule has 1 aromatic carbocycles. The topological polar surface area (TPSA) is 38.3 Å². The molecule has 1 aromatic rings. The predicted molar refractivity (Wildman–Crippen MR) is 73.5 cm³/mol. The lowest BCUT2D eigenvalue weighted by atomic mass is 9.93. The average Bonchev–Trinajstić information content (AvgIpc) is 2.38. The second-order valence-electron chi connectivity index (χ2n) is 5.32. The highest BCUT2D eigenvalue weighted by atomic mass is 16.5. The Kier molecular flexibility index (Phi) is 5.35. The molecule has 0 aliphatic carbocycles. The first-order valence-corrected chi connectivity index (χ1v) is 6.31. The second-order valence-corrected chi connectivity index (χ2v) is 5.32. The molecule has 0 spiro atoms. The maximum Gasteiger partial charge on any atom is 0.312 e. The van der Waals surface area contributed by atoms with Crippen molar-refractivity contribution in [1.29, 1.82) is 0 Å². The Balaban J connectivity index is 2.40. The number of benzene rings is 1. The van der Waals surface area contributed by atoms with Crippen molar-refractivity contribution in [3.63, 3.8) is 0 Å². The third-order valence-electron chi connectivity index (χ3n) is 3.12. The summed E-state index contributed by atoms with van der Waals surface area (Å²) in [6, 6.07) is 10.4. The third-order valence-corrected chi connectivity index (χ3v) is 3.12. The standard InChI is InChI=1S/C15H23NO2/c1-12(13-8-6-5-7-9-13)10-16-11-15(2,3)14(17)18-4/h5-9,12,16H,10-11H2,1-4H3. The molecule has 100 valence electrons. The molecule has 0 aliphatic heterocycles. The molecule has 1 N–H and O–H groups in total. The van der Waals surface area contributed by atoms with Gasteiger partial charge in [-0.3, -0.25) is 4.79 Å². The molecule has 0 saturated carbocycles. The van der Waals surface area contributed by atoms with E-state index >= 15 is 0 Å². The molecular weight excluding hydrogens is 226 g/mol. The van der Waals surface area contributed by atoms with Crippen LogP contribution < -0.4 is 5.32 Å². The quantitative estimate of drug-likeness (QED) is 0.787. The number of ether oxygens (including phenoxy) is 1. The molecule has 0 bridgehead atoms. The lowest BCUT2D eigenvalue weighted by molar-refractivity contribution is -0.150. The molecular formula is C15H23NO2. The Morgan fingerprint density at radius 1 is 1.33 bits per heavy atom. The van der Waals surface area contributed by atoms with E-state index in [1.165, 1.54) is 12.7 Å². The summed E-state index contributed by atoms with van der Waals surface area (Å²) in [5, 5.41) is 3.34. The molecule has 0 saturated heterocycles. The average molecular weight is 249 g/mol. The van der Waals surface area contributed by atoms with E-state index in [1.54, 1.807) is 0 Å². The maximum atomic E-state index is 11.5. The van der Waals surface area contributed by atoms with Gasteiger partial charge in [0.2, 0.25) is 0 Å². The predicted octanol–water partition coefficient (Wildman–Crippen LogP) is 2.58. The highest BCUT2D eigenvalue weighted by Gasteiger charge is 2.28. The minimum Gasteiger partial charge on any atom is -0.469 e. The highest BCUT2D eigenvalue weighted by Crippen LogP contribution is 2.17. The van der Waals surface area contributed by atoms with E-state index in [-0.39, 0.29) is 5.97 Å². The first-order chi connectivity index (χ1) is 8.47. The van der Waals surface area contributed by atoms with Gasteiger partial charge < -0.3 is 10.1 Å². The lowest BCUT2D eigenvalue weighted by Gasteiger charge is -2.23. The van der Waals surface area contributed by atoms with Crippen LogP contribution in [0.25, 0.3) is 0 Å². The van der Waals surface area contributed by atoms with Gasteiger partial charge in [-0.1, -0.05) is 37.3 Å². The normalized spacial score (nSPS) is 13.1. The molecule has 1 rings (SSSR count). The monoisotopic (exact) mass is 249 g/mol. The van der Waals surface area contributed by atoms with Gasteiger partial charge in [-0.05, 0) is 25.3 Å². The molecule has 1 unspecified atom stereocenters. The van der Waals surface area contributed by atoms with Crippen LogP contribution in [0, 0.1) is 5.41 Å². The number of methoxy groups -OCH3 is 1. The summed E-state index contributed by atoms with van der Waals surface area (Å²) in [7, 11) is 1.43. The van der Waals surface area contributed by atoms with Crippen molar-refractivity contribution in [2.24, 2.45) is 5.41 Å². The van der Waals surface area contributed by atoms with Crippen LogP contribution in [0.3, 0.4) is 0 Å². The van der Waals surface area contributed by atoms with Crippen LogP contribution in [0.1, 0.15) is 32.3 Å². The van der Waals surface area contributed by atoms with Crippen molar-refractivity contribution in [2.45, 2.75) is 26.7 Å². The number of nitrogens with one attached hydrogen (secondary N) is 1. The largest absolute Gasteiger partial charge is 0.469 e. The van der Waals surface area contributed by atoms with Crippen molar-refractivity contribution in [3.8, 4) is 0 Å². The Morgan fingerprint density at radius 3 is 2.50 bits per heavy atom. The van der Waals surface area contributed by atoms with E-state index in [0.717, 1.165) is 6.54 Å². The van der Waals surface area contributed by atoms with E-state index < -0.39 is 5.41 Å². The Bertz CT molecular complexity index is 373. The maximum absolute atomic E-state index is 11.5. The van der Waals surface area contributed by atoms with Crippen LogP contribution in [-0.2, 0) is 9.53 Å². The fraction of sp³-hybridized carbons (Fsp3) is 0.533. The summed E-state index contributed by atoms with van der Waals surface area (Å²) in [6.07, 6.45) is 0. The smallest absolute Gasteiger partial charge is 0.312 e. The SMILES string of the molecule is COC(=O)C(C)(C)CNCC(C)c1ccccc1. The van der Waals surface area contributed by atoms with Gasteiger partial charge in [-0.25, -0.2) is 0 Å². The minimum atomic E-state index is -0.481. The molecule has 0 aliphatic rings. The summed E-state index contributed by atoms with van der Waals surface area (Å²) in [5.74, 6) is 0.252. The molecule has 0 aromatic heterocycles. The van der Waals surface area contributed by atoms with Crippen LogP contribution in [-0.4, -0.2) is 26.2 Å². The van der Waals surface area contributed by atoms with Crippen molar-refractivity contribution in [2.75, 3.05) is 20.2 Å². The van der Waals surface area contributed by atoms with E-state index in [2.05, 4.69) is 24.4 Å². The minimum absolute atomic E-state index is 0.178. The van der Waals surface area contributed by atoms with E-state index in [1.807, 2.05) is 32.0 Å². The van der Waals surface area contributed by atoms with E-state index in [4.69, 9.17) is 4.74 Å². The van der Waals surface area contributed by atoms with Gasteiger partial charge in [-0.15, -0.1) is 0 Å². The number of hydrogen-bond donors (Lipinski definition) is 1. The van der Waals surface area contributed by atoms with Crippen LogP contribution in [0.4, 0.5) is 0 Å². The molecule has 3 heteroatoms. The van der Waals surface area contributed by atoms with Crippen molar-refractivity contribution in [3.05, 3.63) is 35.9 Å². The van der Waals surface area contributed by atoms with E-state index in [9.17, 15) is 4.79 Å². The zero-order valence-corrected chi connectivity index (χ0v) is 11.7. The fourth-order valence-corrected chi connectivity index (χ4v) is 1.85. The summed E-state index contributed by atoms with van der Waals surface area (Å²) in [6.45, 7) is 7.42. The summed E-state index contributed by atoms with van der Waals surface area (Å²) < 4.78 is 4.78. The van der Waals surface area contributed by atoms with E-state index in [0.29, 0.717) is 12.5 Å². The van der Waals surface area contributed by atoms with Gasteiger partial charge in [0.15, 0.2) is 0 Å². The second kappa shape index (κ2) is 6.55. The van der Waals surface area contributed by atoms with Crippen molar-refractivity contribution >= 4 is 5.97 Å². The number of rotatable bonds is 6. The molecule has 3 nitrogen and oxygen atoms in total. The third kappa shape index (κ3) is 4.15. The zero-order chi connectivity index (χ0) is 13.6. The lowest BCUT2D eigenvalue weighted by Crippen LogP contribution is -2.38. The van der Waals surface area contributed by atoms with Gasteiger partial charge in [0.05, 0.1) is 12.5 Å². The number of hydrogen-bond acceptors (Lipinski definition) is 3. The molecule has 1 atom stereocenters. The Labute approximate surface area is 110 Å². The van der Waals surface area contributed by atoms with Crippen molar-refractivity contribution < 1.29 is 9.53 Å². The molecule has 0 radical (unpaired) electrons. The zero-order valence-electron chi connectivity index (χ0n) is 11.7. The molecule has 0 fully saturated rings. The number of carbonyl (C=O) groups is 1. The Hall–Kier alpha value is -1.35. The summed E-state index contributed by atoms with van der Waals surface area (Å²) >= 11 is 0. The Morgan fingerprint density at radius 2 is 1.94 bits per heavy atom. The molecule has 0 amide bonds. The number of carbonyl (C=O) groups excluding carboxylic acids is 1. The number of esters is 1. The molecule has 0 heterocycles. The summed E-state index contributed by atoms with van der Waals surface area (Å²) in [4.78, 5) is 11.5. The van der Waals surface area contributed by atoms with Gasteiger partial charge in [0.25, 0.3) is 0 Å². The van der Waals surface area contributed by atoms with Crippen LogP contribution >= 0.6 is 0 Å². The van der Waals surface area contributed by atoms with Crippen LogP contribution in [0.2, 0.25) is 0 Å². The van der Waals surface area contributed by atoms with Crippen LogP contribution in [0.15, 0.2) is 30.3 Å². The molecule has 18 heavy (non-hydrogen) atoms. The highest BCUT2D eigenvalue weighted by molar-refractivity contribution is 5.76. The van der Waals surface area contributed by atoms with Gasteiger partial charge in [0, 0.05) is 13.1 Å².